The second-order valence-corrected chi connectivity index (χ2v) is 11.9. The molecule has 0 aliphatic carbocycles. The van der Waals surface area contributed by atoms with Gasteiger partial charge in [-0.2, -0.15) is 0 Å². The van der Waals surface area contributed by atoms with Gasteiger partial charge >= 0.3 is 0 Å². The standard InChI is InChI=1S/C34H41ClF2N4O2/c1-2-43-32-9-5-8-31(37)29(32)23-40-18-20-41(21-19-40)34(42)33(38)24-12-15-39(16-13-24)17-14-25-22-26(35)10-11-27(25)28-6-3-4-7-30(28)36/h3-11,22,24,33H,2,12-21,23,38H2,1H3/t33-/m1/s1. The van der Waals surface area contributed by atoms with Gasteiger partial charge < -0.3 is 20.3 Å². The number of ether oxygens (including phenoxy) is 1. The zero-order valence-corrected chi connectivity index (χ0v) is 25.5. The van der Waals surface area contributed by atoms with Crippen molar-refractivity contribution in [1.82, 2.24) is 14.7 Å². The summed E-state index contributed by atoms with van der Waals surface area (Å²) in [6.45, 7) is 7.84. The number of likely N-dealkylation sites (tertiary alicyclic amines) is 1. The van der Waals surface area contributed by atoms with E-state index < -0.39 is 6.04 Å². The number of carbonyl (C=O) groups excluding carboxylic acids is 1. The Morgan fingerprint density at radius 1 is 0.930 bits per heavy atom. The van der Waals surface area contributed by atoms with E-state index in [0.717, 1.165) is 50.0 Å². The Hall–Kier alpha value is -3.04. The number of benzene rings is 3. The molecular weight excluding hydrogens is 570 g/mol. The molecule has 2 N–H and O–H groups in total. The van der Waals surface area contributed by atoms with E-state index in [-0.39, 0.29) is 23.5 Å². The van der Waals surface area contributed by atoms with Crippen molar-refractivity contribution in [1.29, 1.82) is 0 Å². The second-order valence-electron chi connectivity index (χ2n) is 11.5. The maximum absolute atomic E-state index is 14.5. The van der Waals surface area contributed by atoms with Gasteiger partial charge in [0.25, 0.3) is 0 Å². The van der Waals surface area contributed by atoms with Crippen LogP contribution in [0.4, 0.5) is 8.78 Å². The van der Waals surface area contributed by atoms with E-state index >= 15 is 0 Å². The molecule has 0 saturated carbocycles. The topological polar surface area (TPSA) is 62.0 Å². The molecule has 2 heterocycles. The summed E-state index contributed by atoms with van der Waals surface area (Å²) in [5.74, 6) is 0.206. The van der Waals surface area contributed by atoms with E-state index in [2.05, 4.69) is 9.80 Å². The molecule has 3 aromatic carbocycles. The first kappa shape index (κ1) is 31.4. The van der Waals surface area contributed by atoms with Crippen LogP contribution < -0.4 is 10.5 Å². The Balaban J connectivity index is 1.09. The summed E-state index contributed by atoms with van der Waals surface area (Å²) in [6, 6.07) is 16.8. The van der Waals surface area contributed by atoms with Gasteiger partial charge in [-0.15, -0.1) is 0 Å². The number of piperidine rings is 1. The third-order valence-corrected chi connectivity index (χ3v) is 9.03. The first-order valence-corrected chi connectivity index (χ1v) is 15.6. The minimum Gasteiger partial charge on any atom is -0.493 e. The monoisotopic (exact) mass is 610 g/mol. The van der Waals surface area contributed by atoms with Gasteiger partial charge in [0.2, 0.25) is 5.91 Å². The van der Waals surface area contributed by atoms with Crippen LogP contribution in [0.2, 0.25) is 5.02 Å². The Morgan fingerprint density at radius 2 is 1.65 bits per heavy atom. The molecule has 0 aromatic heterocycles. The quantitative estimate of drug-likeness (QED) is 0.323. The van der Waals surface area contributed by atoms with Gasteiger partial charge in [-0.3, -0.25) is 9.69 Å². The summed E-state index contributed by atoms with van der Waals surface area (Å²) in [4.78, 5) is 19.7. The summed E-state index contributed by atoms with van der Waals surface area (Å²) < 4.78 is 34.7. The number of hydrogen-bond acceptors (Lipinski definition) is 5. The second kappa shape index (κ2) is 14.6. The minimum atomic E-state index is -0.523. The molecule has 0 bridgehead atoms. The number of halogens is 3. The molecule has 2 aliphatic heterocycles. The molecule has 2 saturated heterocycles. The van der Waals surface area contributed by atoms with Crippen LogP contribution >= 0.6 is 11.6 Å². The van der Waals surface area contributed by atoms with E-state index in [1.807, 2.05) is 30.0 Å². The molecule has 3 aromatic rings. The minimum absolute atomic E-state index is 0.00690. The lowest BCUT2D eigenvalue weighted by Gasteiger charge is -2.39. The summed E-state index contributed by atoms with van der Waals surface area (Å²) in [7, 11) is 0. The molecule has 1 atom stereocenters. The van der Waals surface area contributed by atoms with Crippen molar-refractivity contribution in [2.45, 2.75) is 38.8 Å². The van der Waals surface area contributed by atoms with E-state index in [9.17, 15) is 13.6 Å². The van der Waals surface area contributed by atoms with Gasteiger partial charge in [0, 0.05) is 55.4 Å². The largest absolute Gasteiger partial charge is 0.493 e. The molecular formula is C34H41ClF2N4O2. The summed E-state index contributed by atoms with van der Waals surface area (Å²) >= 11 is 6.30. The van der Waals surface area contributed by atoms with Crippen LogP contribution in [0, 0.1) is 17.6 Å². The van der Waals surface area contributed by atoms with Crippen LogP contribution in [-0.2, 0) is 17.8 Å². The zero-order valence-electron chi connectivity index (χ0n) is 24.8. The highest BCUT2D eigenvalue weighted by molar-refractivity contribution is 6.30. The highest BCUT2D eigenvalue weighted by atomic mass is 35.5. The van der Waals surface area contributed by atoms with Gasteiger partial charge in [-0.1, -0.05) is 41.9 Å². The summed E-state index contributed by atoms with van der Waals surface area (Å²) in [5.41, 5.74) is 9.58. The molecule has 5 rings (SSSR count). The number of piperazine rings is 1. The van der Waals surface area contributed by atoms with E-state index in [0.29, 0.717) is 61.2 Å². The Bertz CT molecular complexity index is 1390. The maximum atomic E-state index is 14.5. The van der Waals surface area contributed by atoms with Crippen LogP contribution in [-0.4, -0.2) is 79.1 Å². The first-order chi connectivity index (χ1) is 20.8. The fourth-order valence-corrected chi connectivity index (χ4v) is 6.47. The molecule has 9 heteroatoms. The van der Waals surface area contributed by atoms with E-state index in [4.69, 9.17) is 22.1 Å². The Labute approximate surface area is 258 Å². The highest BCUT2D eigenvalue weighted by Crippen LogP contribution is 2.30. The molecule has 0 unspecified atom stereocenters. The van der Waals surface area contributed by atoms with Crippen molar-refractivity contribution >= 4 is 17.5 Å². The smallest absolute Gasteiger partial charge is 0.239 e. The lowest BCUT2D eigenvalue weighted by molar-refractivity contribution is -0.136. The van der Waals surface area contributed by atoms with Crippen LogP contribution in [0.1, 0.15) is 30.9 Å². The number of amides is 1. The van der Waals surface area contributed by atoms with Crippen LogP contribution in [0.3, 0.4) is 0 Å². The number of hydrogen-bond donors (Lipinski definition) is 1. The predicted octanol–water partition coefficient (Wildman–Crippen LogP) is 5.61. The molecule has 2 fully saturated rings. The maximum Gasteiger partial charge on any atom is 0.239 e. The molecule has 43 heavy (non-hydrogen) atoms. The van der Waals surface area contributed by atoms with Crippen molar-refractivity contribution in [3.63, 3.8) is 0 Å². The first-order valence-electron chi connectivity index (χ1n) is 15.3. The fraction of sp³-hybridized carbons (Fsp3) is 0.441. The fourth-order valence-electron chi connectivity index (χ4n) is 6.27. The molecule has 0 radical (unpaired) electrons. The number of nitrogens with zero attached hydrogens (tertiary/aromatic N) is 3. The van der Waals surface area contributed by atoms with Crippen molar-refractivity contribution in [3.05, 3.63) is 88.4 Å². The van der Waals surface area contributed by atoms with Crippen molar-refractivity contribution < 1.29 is 18.3 Å². The van der Waals surface area contributed by atoms with Gasteiger partial charge in [0.1, 0.15) is 17.4 Å². The van der Waals surface area contributed by atoms with E-state index in [1.54, 1.807) is 30.3 Å². The Kier molecular flexibility index (Phi) is 10.7. The Morgan fingerprint density at radius 3 is 2.37 bits per heavy atom. The van der Waals surface area contributed by atoms with Crippen LogP contribution in [0.15, 0.2) is 60.7 Å². The zero-order chi connectivity index (χ0) is 30.3. The lowest BCUT2D eigenvalue weighted by Crippen LogP contribution is -2.55. The normalized spacial score (nSPS) is 17.7. The molecule has 6 nitrogen and oxygen atoms in total. The van der Waals surface area contributed by atoms with Crippen LogP contribution in [0.5, 0.6) is 5.75 Å². The van der Waals surface area contributed by atoms with Gasteiger partial charge in [0.05, 0.1) is 12.6 Å². The van der Waals surface area contributed by atoms with Crippen molar-refractivity contribution in [2.75, 3.05) is 52.4 Å². The average Bonchev–Trinajstić information content (AvgIpc) is 3.02. The van der Waals surface area contributed by atoms with Gasteiger partial charge in [-0.25, -0.2) is 8.78 Å². The van der Waals surface area contributed by atoms with Crippen LogP contribution in [0.25, 0.3) is 11.1 Å². The third kappa shape index (κ3) is 7.73. The number of rotatable bonds is 10. The van der Waals surface area contributed by atoms with E-state index in [1.165, 1.54) is 12.1 Å². The lowest BCUT2D eigenvalue weighted by atomic mass is 9.88. The molecule has 230 valence electrons. The van der Waals surface area contributed by atoms with Gasteiger partial charge in [-0.05, 0) is 86.7 Å². The SMILES string of the molecule is CCOc1cccc(F)c1CN1CCN(C(=O)[C@H](N)C2CCN(CCc3cc(Cl)ccc3-c3ccccc3F)CC2)CC1. The predicted molar refractivity (Wildman–Crippen MR) is 167 cm³/mol. The summed E-state index contributed by atoms with van der Waals surface area (Å²) in [6.07, 6.45) is 2.47. The third-order valence-electron chi connectivity index (χ3n) is 8.80. The van der Waals surface area contributed by atoms with Crippen molar-refractivity contribution in [3.8, 4) is 16.9 Å². The molecule has 0 spiro atoms. The summed E-state index contributed by atoms with van der Waals surface area (Å²) in [5, 5.41) is 0.640. The van der Waals surface area contributed by atoms with Crippen molar-refractivity contribution in [2.24, 2.45) is 11.7 Å². The number of nitrogens with two attached hydrogens (primary N) is 1. The highest BCUT2D eigenvalue weighted by Gasteiger charge is 2.33. The molecule has 1 amide bonds. The average molecular weight is 611 g/mol. The molecule has 2 aliphatic rings. The number of carbonyl (C=O) groups is 1. The van der Waals surface area contributed by atoms with Gasteiger partial charge in [0.15, 0.2) is 0 Å².